The molecule has 2 heterocycles. The number of piperidine rings is 1. The zero-order chi connectivity index (χ0) is 17.6. The summed E-state index contributed by atoms with van der Waals surface area (Å²) < 4.78 is 0. The molecule has 0 aliphatic carbocycles. The van der Waals surface area contributed by atoms with Crippen molar-refractivity contribution in [3.8, 4) is 0 Å². The molecule has 132 valence electrons. The molecule has 1 aliphatic rings. The standard InChI is InChI=1S/C20H26N4O/c1-15(2)22-20(25)16-12-18(14-21-13-16)23-17-6-8-19(9-7-17)24-10-4-3-5-11-24/h6-9,12-15,23H,3-5,10-11H2,1-2H3,(H,22,25). The Morgan fingerprint density at radius 1 is 1.04 bits per heavy atom. The first-order valence-corrected chi connectivity index (χ1v) is 9.00. The average molecular weight is 338 g/mol. The van der Waals surface area contributed by atoms with Gasteiger partial charge in [0.05, 0.1) is 17.4 Å². The fraction of sp³-hybridized carbons (Fsp3) is 0.400. The zero-order valence-electron chi connectivity index (χ0n) is 15.0. The maximum atomic E-state index is 12.1. The second kappa shape index (κ2) is 8.01. The van der Waals surface area contributed by atoms with Gasteiger partial charge in [-0.15, -0.1) is 0 Å². The smallest absolute Gasteiger partial charge is 0.253 e. The zero-order valence-corrected chi connectivity index (χ0v) is 15.0. The molecule has 25 heavy (non-hydrogen) atoms. The molecular formula is C20H26N4O. The van der Waals surface area contributed by atoms with Crippen molar-refractivity contribution >= 4 is 23.0 Å². The summed E-state index contributed by atoms with van der Waals surface area (Å²) >= 11 is 0. The van der Waals surface area contributed by atoms with Gasteiger partial charge in [0.2, 0.25) is 0 Å². The minimum absolute atomic E-state index is 0.103. The number of benzene rings is 1. The van der Waals surface area contributed by atoms with Gasteiger partial charge >= 0.3 is 0 Å². The Balaban J connectivity index is 1.66. The molecule has 0 saturated carbocycles. The van der Waals surface area contributed by atoms with Crippen LogP contribution in [0.15, 0.2) is 42.7 Å². The van der Waals surface area contributed by atoms with Crippen LogP contribution in [0.4, 0.5) is 17.1 Å². The second-order valence-corrected chi connectivity index (χ2v) is 6.81. The van der Waals surface area contributed by atoms with Gasteiger partial charge in [0.1, 0.15) is 0 Å². The quantitative estimate of drug-likeness (QED) is 0.866. The molecule has 0 radical (unpaired) electrons. The van der Waals surface area contributed by atoms with E-state index in [9.17, 15) is 4.79 Å². The van der Waals surface area contributed by atoms with E-state index < -0.39 is 0 Å². The Morgan fingerprint density at radius 3 is 2.44 bits per heavy atom. The van der Waals surface area contributed by atoms with Crippen LogP contribution in [-0.2, 0) is 0 Å². The molecule has 2 N–H and O–H groups in total. The third-order valence-corrected chi connectivity index (χ3v) is 4.30. The molecule has 3 rings (SSSR count). The molecule has 1 aliphatic heterocycles. The van der Waals surface area contributed by atoms with Crippen molar-refractivity contribution in [1.29, 1.82) is 0 Å². The second-order valence-electron chi connectivity index (χ2n) is 6.81. The largest absolute Gasteiger partial charge is 0.372 e. The van der Waals surface area contributed by atoms with E-state index in [2.05, 4.69) is 44.8 Å². The summed E-state index contributed by atoms with van der Waals surface area (Å²) in [5.41, 5.74) is 3.63. The maximum absolute atomic E-state index is 12.1. The highest BCUT2D eigenvalue weighted by atomic mass is 16.1. The lowest BCUT2D eigenvalue weighted by Gasteiger charge is -2.28. The van der Waals surface area contributed by atoms with Crippen molar-refractivity contribution in [2.45, 2.75) is 39.2 Å². The van der Waals surface area contributed by atoms with Crippen LogP contribution in [0.5, 0.6) is 0 Å². The Bertz CT molecular complexity index is 706. The topological polar surface area (TPSA) is 57.3 Å². The maximum Gasteiger partial charge on any atom is 0.253 e. The van der Waals surface area contributed by atoms with Gasteiger partial charge in [-0.05, 0) is 63.4 Å². The molecule has 5 nitrogen and oxygen atoms in total. The summed E-state index contributed by atoms with van der Waals surface area (Å²) in [5, 5.41) is 6.20. The van der Waals surface area contributed by atoms with Gasteiger partial charge in [-0.3, -0.25) is 9.78 Å². The number of nitrogens with one attached hydrogen (secondary N) is 2. The van der Waals surface area contributed by atoms with Gasteiger partial charge in [-0.25, -0.2) is 0 Å². The van der Waals surface area contributed by atoms with Gasteiger partial charge in [0.15, 0.2) is 0 Å². The summed E-state index contributed by atoms with van der Waals surface area (Å²) in [6.45, 7) is 6.17. The van der Waals surface area contributed by atoms with Gasteiger partial charge < -0.3 is 15.5 Å². The van der Waals surface area contributed by atoms with Gasteiger partial charge in [-0.2, -0.15) is 0 Å². The molecule has 1 aromatic carbocycles. The molecule has 0 bridgehead atoms. The summed E-state index contributed by atoms with van der Waals surface area (Å²) in [6.07, 6.45) is 7.20. The summed E-state index contributed by atoms with van der Waals surface area (Å²) in [4.78, 5) is 18.7. The summed E-state index contributed by atoms with van der Waals surface area (Å²) in [6, 6.07) is 10.4. The SMILES string of the molecule is CC(C)NC(=O)c1cncc(Nc2ccc(N3CCCCC3)cc2)c1. The molecule has 2 aromatic rings. The van der Waals surface area contributed by atoms with E-state index in [-0.39, 0.29) is 11.9 Å². The van der Waals surface area contributed by atoms with Crippen LogP contribution in [0.1, 0.15) is 43.5 Å². The van der Waals surface area contributed by atoms with Crippen molar-refractivity contribution in [2.24, 2.45) is 0 Å². The van der Waals surface area contributed by atoms with E-state index in [1.807, 2.05) is 19.9 Å². The monoisotopic (exact) mass is 338 g/mol. The first kappa shape index (κ1) is 17.3. The number of aromatic nitrogens is 1. The molecule has 0 spiro atoms. The summed E-state index contributed by atoms with van der Waals surface area (Å²) in [5.74, 6) is -0.105. The lowest BCUT2D eigenvalue weighted by molar-refractivity contribution is 0.0943. The molecule has 1 saturated heterocycles. The van der Waals surface area contributed by atoms with Crippen molar-refractivity contribution < 1.29 is 4.79 Å². The van der Waals surface area contributed by atoms with Crippen molar-refractivity contribution in [3.63, 3.8) is 0 Å². The van der Waals surface area contributed by atoms with Gasteiger partial charge in [0.25, 0.3) is 5.91 Å². The molecule has 1 aromatic heterocycles. The van der Waals surface area contributed by atoms with Crippen LogP contribution in [0.3, 0.4) is 0 Å². The normalized spacial score (nSPS) is 14.4. The van der Waals surface area contributed by atoms with Gasteiger partial charge in [-0.1, -0.05) is 0 Å². The first-order valence-electron chi connectivity index (χ1n) is 9.00. The van der Waals surface area contributed by atoms with Gasteiger partial charge in [0, 0.05) is 36.7 Å². The highest BCUT2D eigenvalue weighted by Crippen LogP contribution is 2.23. The molecule has 1 fully saturated rings. The third-order valence-electron chi connectivity index (χ3n) is 4.30. The molecule has 0 atom stereocenters. The minimum atomic E-state index is -0.105. The number of hydrogen-bond donors (Lipinski definition) is 2. The Labute approximate surface area is 149 Å². The predicted octanol–water partition coefficient (Wildman–Crippen LogP) is 3.95. The number of carbonyl (C=O) groups is 1. The molecule has 0 unspecified atom stereocenters. The van der Waals surface area contributed by atoms with Crippen LogP contribution in [0, 0.1) is 0 Å². The van der Waals surface area contributed by atoms with Crippen LogP contribution in [0.25, 0.3) is 0 Å². The van der Waals surface area contributed by atoms with Crippen molar-refractivity contribution in [1.82, 2.24) is 10.3 Å². The number of nitrogens with zero attached hydrogens (tertiary/aromatic N) is 2. The lowest BCUT2D eigenvalue weighted by Crippen LogP contribution is -2.30. The highest BCUT2D eigenvalue weighted by Gasteiger charge is 2.11. The number of amides is 1. The third kappa shape index (κ3) is 4.72. The van der Waals surface area contributed by atoms with E-state index in [0.29, 0.717) is 5.56 Å². The average Bonchev–Trinajstić information content (AvgIpc) is 2.63. The van der Waals surface area contributed by atoms with Crippen molar-refractivity contribution in [3.05, 3.63) is 48.3 Å². The van der Waals surface area contributed by atoms with E-state index in [4.69, 9.17) is 0 Å². The Morgan fingerprint density at radius 2 is 1.76 bits per heavy atom. The molecule has 5 heteroatoms. The highest BCUT2D eigenvalue weighted by molar-refractivity contribution is 5.95. The van der Waals surface area contributed by atoms with E-state index in [0.717, 1.165) is 24.5 Å². The predicted molar refractivity (Wildman–Crippen MR) is 103 cm³/mol. The molecule has 1 amide bonds. The van der Waals surface area contributed by atoms with Crippen molar-refractivity contribution in [2.75, 3.05) is 23.3 Å². The number of pyridine rings is 1. The Hall–Kier alpha value is -2.56. The van der Waals surface area contributed by atoms with E-state index in [1.165, 1.54) is 24.9 Å². The van der Waals surface area contributed by atoms with Crippen LogP contribution >= 0.6 is 0 Å². The van der Waals surface area contributed by atoms with E-state index >= 15 is 0 Å². The van der Waals surface area contributed by atoms with E-state index in [1.54, 1.807) is 12.4 Å². The number of hydrogen-bond acceptors (Lipinski definition) is 4. The Kier molecular flexibility index (Phi) is 5.53. The number of carbonyl (C=O) groups excluding carboxylic acids is 1. The summed E-state index contributed by atoms with van der Waals surface area (Å²) in [7, 11) is 0. The van der Waals surface area contributed by atoms with Crippen LogP contribution in [-0.4, -0.2) is 30.0 Å². The first-order chi connectivity index (χ1) is 12.1. The molecular weight excluding hydrogens is 312 g/mol. The number of rotatable bonds is 5. The lowest BCUT2D eigenvalue weighted by atomic mass is 10.1. The van der Waals surface area contributed by atoms with Crippen LogP contribution in [0.2, 0.25) is 0 Å². The number of anilines is 3. The van der Waals surface area contributed by atoms with Crippen LogP contribution < -0.4 is 15.5 Å². The fourth-order valence-electron chi connectivity index (χ4n) is 3.05. The fourth-order valence-corrected chi connectivity index (χ4v) is 3.05. The minimum Gasteiger partial charge on any atom is -0.372 e.